The largest absolute Gasteiger partial charge is 0.351 e. The molecule has 1 N–H and O–H groups in total. The van der Waals surface area contributed by atoms with Crippen molar-refractivity contribution in [3.63, 3.8) is 0 Å². The van der Waals surface area contributed by atoms with Crippen LogP contribution < -0.4 is 5.32 Å². The lowest BCUT2D eigenvalue weighted by Crippen LogP contribution is -2.54. The van der Waals surface area contributed by atoms with Gasteiger partial charge in [-0.2, -0.15) is 0 Å². The van der Waals surface area contributed by atoms with Crippen LogP contribution in [0.2, 0.25) is 0 Å². The molecule has 0 radical (unpaired) electrons. The van der Waals surface area contributed by atoms with E-state index < -0.39 is 0 Å². The van der Waals surface area contributed by atoms with Gasteiger partial charge in [-0.25, -0.2) is 4.99 Å². The highest BCUT2D eigenvalue weighted by atomic mass is 16.1. The highest BCUT2D eigenvalue weighted by Gasteiger charge is 2.35. The van der Waals surface area contributed by atoms with Gasteiger partial charge < -0.3 is 5.32 Å². The number of hydrogen-bond acceptors (Lipinski definition) is 2. The molecule has 0 aromatic heterocycles. The number of rotatable bonds is 22. The summed E-state index contributed by atoms with van der Waals surface area (Å²) in [4.78, 5) is 16.0. The molecule has 0 aromatic carbocycles. The van der Waals surface area contributed by atoms with E-state index in [4.69, 9.17) is 4.99 Å². The molecule has 0 fully saturated rings. The number of amidine groups is 1. The summed E-state index contributed by atoms with van der Waals surface area (Å²) < 4.78 is 0.996. The molecule has 1 aliphatic heterocycles. The highest BCUT2D eigenvalue weighted by molar-refractivity contribution is 5.77. The van der Waals surface area contributed by atoms with Gasteiger partial charge in [0, 0.05) is 13.3 Å². The molecular weight excluding hydrogens is 394 g/mol. The van der Waals surface area contributed by atoms with E-state index in [2.05, 4.69) is 18.8 Å². The molecule has 1 atom stereocenters. The minimum atomic E-state index is 0.0717. The minimum absolute atomic E-state index is 0.0717. The summed E-state index contributed by atoms with van der Waals surface area (Å²) in [7, 11) is 0. The van der Waals surface area contributed by atoms with Crippen LogP contribution in [0.3, 0.4) is 0 Å². The van der Waals surface area contributed by atoms with Gasteiger partial charge in [0.1, 0.15) is 13.1 Å². The molecule has 1 heterocycles. The Kier molecular flexibility index (Phi) is 17.4. The second-order valence-corrected chi connectivity index (χ2v) is 9.82. The van der Waals surface area contributed by atoms with Crippen LogP contribution >= 0.6 is 0 Å². The Morgan fingerprint density at radius 2 is 1.41 bits per heavy atom. The second kappa shape index (κ2) is 19.3. The molecule has 0 bridgehead atoms. The Balaban J connectivity index is 1.93. The van der Waals surface area contributed by atoms with Gasteiger partial charge in [-0.3, -0.25) is 9.28 Å². The molecule has 32 heavy (non-hydrogen) atoms. The van der Waals surface area contributed by atoms with Crippen molar-refractivity contribution in [1.29, 1.82) is 0 Å². The van der Waals surface area contributed by atoms with Gasteiger partial charge >= 0.3 is 0 Å². The Bertz CT molecular complexity index is 517. The van der Waals surface area contributed by atoms with Gasteiger partial charge in [0.15, 0.2) is 5.84 Å². The molecular formula is C28H54N3O+. The molecule has 0 saturated heterocycles. The van der Waals surface area contributed by atoms with Crippen molar-refractivity contribution >= 4 is 11.7 Å². The van der Waals surface area contributed by atoms with Crippen molar-refractivity contribution in [3.05, 3.63) is 12.7 Å². The number of carbonyl (C=O) groups is 1. The number of unbranched alkanes of at least 4 members (excludes halogenated alkanes) is 15. The third kappa shape index (κ3) is 13.4. The number of carbonyl (C=O) groups excluding carboxylic acids is 1. The number of quaternary nitrogens is 1. The molecule has 1 aliphatic rings. The number of hydrogen-bond donors (Lipinski definition) is 1. The Hall–Kier alpha value is -1.16. The third-order valence-corrected chi connectivity index (χ3v) is 7.20. The number of nitrogens with one attached hydrogen (secondary N) is 1. The van der Waals surface area contributed by atoms with E-state index >= 15 is 0 Å². The van der Waals surface area contributed by atoms with Crippen LogP contribution in [-0.4, -0.2) is 48.9 Å². The summed E-state index contributed by atoms with van der Waals surface area (Å²) in [5.41, 5.74) is 0. The summed E-state index contributed by atoms with van der Waals surface area (Å²) in [6.07, 6.45) is 25.3. The average Bonchev–Trinajstić information content (AvgIpc) is 3.18. The van der Waals surface area contributed by atoms with Crippen LogP contribution in [0.25, 0.3) is 0 Å². The Morgan fingerprint density at radius 1 is 0.906 bits per heavy atom. The number of aliphatic imine (C=N–C) groups is 1. The Labute approximate surface area is 199 Å². The molecule has 1 amide bonds. The predicted molar refractivity (Wildman–Crippen MR) is 140 cm³/mol. The van der Waals surface area contributed by atoms with Crippen LogP contribution in [0, 0.1) is 0 Å². The van der Waals surface area contributed by atoms with Crippen molar-refractivity contribution in [2.24, 2.45) is 4.99 Å². The zero-order chi connectivity index (χ0) is 23.3. The van der Waals surface area contributed by atoms with E-state index in [1.807, 2.05) is 6.08 Å². The first-order chi connectivity index (χ1) is 15.6. The summed E-state index contributed by atoms with van der Waals surface area (Å²) in [5, 5.41) is 2.97. The van der Waals surface area contributed by atoms with Gasteiger partial charge in [-0.15, -0.1) is 6.58 Å². The lowest BCUT2D eigenvalue weighted by molar-refractivity contribution is -0.833. The zero-order valence-corrected chi connectivity index (χ0v) is 21.6. The van der Waals surface area contributed by atoms with Crippen molar-refractivity contribution in [1.82, 2.24) is 5.32 Å². The number of likely N-dealkylation sites (N-methyl/N-ethyl adjacent to an activating group) is 1. The molecule has 186 valence electrons. The predicted octanol–water partition coefficient (Wildman–Crippen LogP) is 7.19. The van der Waals surface area contributed by atoms with Crippen LogP contribution in [0.1, 0.15) is 123 Å². The van der Waals surface area contributed by atoms with Crippen LogP contribution in [0.4, 0.5) is 0 Å². The fraction of sp³-hybridized carbons (Fsp3) is 0.857. The molecule has 4 heteroatoms. The van der Waals surface area contributed by atoms with Gasteiger partial charge in [-0.1, -0.05) is 89.5 Å². The van der Waals surface area contributed by atoms with E-state index in [0.29, 0.717) is 0 Å². The summed E-state index contributed by atoms with van der Waals surface area (Å²) in [6.45, 7) is 12.6. The first-order valence-corrected chi connectivity index (χ1v) is 13.9. The van der Waals surface area contributed by atoms with Crippen molar-refractivity contribution in [2.45, 2.75) is 123 Å². The lowest BCUT2D eigenvalue weighted by atomic mass is 10.0. The van der Waals surface area contributed by atoms with E-state index in [1.165, 1.54) is 109 Å². The highest BCUT2D eigenvalue weighted by Crippen LogP contribution is 2.20. The van der Waals surface area contributed by atoms with Crippen LogP contribution in [0.15, 0.2) is 17.6 Å². The maximum Gasteiger partial charge on any atom is 0.217 e. The first kappa shape index (κ1) is 28.9. The van der Waals surface area contributed by atoms with Gasteiger partial charge in [0.2, 0.25) is 5.91 Å². The Morgan fingerprint density at radius 3 is 1.88 bits per heavy atom. The van der Waals surface area contributed by atoms with Gasteiger partial charge in [0.05, 0.1) is 19.6 Å². The second-order valence-electron chi connectivity index (χ2n) is 9.82. The normalized spacial score (nSPS) is 18.0. The maximum absolute atomic E-state index is 11.2. The molecule has 0 aromatic rings. The van der Waals surface area contributed by atoms with Gasteiger partial charge in [0.25, 0.3) is 0 Å². The van der Waals surface area contributed by atoms with Crippen molar-refractivity contribution < 1.29 is 9.28 Å². The minimum Gasteiger partial charge on any atom is -0.351 e. The maximum atomic E-state index is 11.2. The molecule has 0 aliphatic carbocycles. The van der Waals surface area contributed by atoms with Crippen LogP contribution in [0.5, 0.6) is 0 Å². The zero-order valence-electron chi connectivity index (χ0n) is 21.6. The fourth-order valence-electron chi connectivity index (χ4n) is 5.02. The van der Waals surface area contributed by atoms with Crippen molar-refractivity contribution in [3.8, 4) is 0 Å². The molecule has 1 unspecified atom stereocenters. The quantitative estimate of drug-likeness (QED) is 0.106. The summed E-state index contributed by atoms with van der Waals surface area (Å²) >= 11 is 0. The molecule has 0 spiro atoms. The topological polar surface area (TPSA) is 41.5 Å². The van der Waals surface area contributed by atoms with E-state index in [0.717, 1.165) is 43.6 Å². The first-order valence-electron chi connectivity index (χ1n) is 13.9. The van der Waals surface area contributed by atoms with E-state index in [1.54, 1.807) is 6.92 Å². The number of amides is 1. The number of nitrogens with zero attached hydrogens (tertiary/aromatic N) is 2. The summed E-state index contributed by atoms with van der Waals surface area (Å²) in [5.74, 6) is 1.46. The molecule has 1 rings (SSSR count). The molecule has 4 nitrogen and oxygen atoms in total. The third-order valence-electron chi connectivity index (χ3n) is 7.20. The van der Waals surface area contributed by atoms with Crippen LogP contribution in [-0.2, 0) is 4.79 Å². The molecule has 0 saturated carbocycles. The SMILES string of the molecule is C=CCCCCCCCCCCCCCCCCCC1=NCC[N+]1(CC)CCNC(C)=O. The summed E-state index contributed by atoms with van der Waals surface area (Å²) in [6, 6.07) is 0. The smallest absolute Gasteiger partial charge is 0.217 e. The van der Waals surface area contributed by atoms with Crippen molar-refractivity contribution in [2.75, 3.05) is 32.7 Å². The van der Waals surface area contributed by atoms with E-state index in [-0.39, 0.29) is 5.91 Å². The monoisotopic (exact) mass is 448 g/mol. The average molecular weight is 449 g/mol. The number of allylic oxidation sites excluding steroid dienone is 1. The van der Waals surface area contributed by atoms with Gasteiger partial charge in [-0.05, 0) is 26.2 Å². The lowest BCUT2D eigenvalue weighted by Gasteiger charge is -2.33. The fourth-order valence-corrected chi connectivity index (χ4v) is 5.02. The standard InChI is InChI=1S/C28H53N3O/c1-4-6-7-8-9-10-11-12-13-14-15-16-17-18-19-20-21-22-28-30-24-26-31(28,5-2)25-23-29-27(3)32/h4H,1,5-26H2,2-3H3/p+1. The van der Waals surface area contributed by atoms with E-state index in [9.17, 15) is 4.79 Å².